The van der Waals surface area contributed by atoms with Crippen molar-refractivity contribution in [1.29, 1.82) is 0 Å². The first-order chi connectivity index (χ1) is 9.90. The van der Waals surface area contributed by atoms with Gasteiger partial charge in [-0.3, -0.25) is 10.1 Å². The minimum Gasteiger partial charge on any atom is -0.478 e. The highest BCUT2D eigenvalue weighted by molar-refractivity contribution is 5.91. The molecular weight excluding hydrogens is 281 g/mol. The van der Waals surface area contributed by atoms with Crippen LogP contribution < -0.4 is 4.74 Å². The fourth-order valence-corrected chi connectivity index (χ4v) is 1.71. The minimum atomic E-state index is -1.40. The molecule has 108 valence electrons. The van der Waals surface area contributed by atoms with E-state index in [4.69, 9.17) is 9.84 Å². The number of nitro benzene ring substituents is 1. The van der Waals surface area contributed by atoms with Gasteiger partial charge in [0, 0.05) is 12.1 Å². The molecule has 0 fully saturated rings. The van der Waals surface area contributed by atoms with Crippen LogP contribution in [0.4, 0.5) is 10.1 Å². The zero-order valence-electron chi connectivity index (χ0n) is 10.9. The minimum absolute atomic E-state index is 0.147. The van der Waals surface area contributed by atoms with Crippen LogP contribution in [0.1, 0.15) is 15.9 Å². The monoisotopic (exact) mass is 291 g/mol. The third kappa shape index (κ3) is 2.97. The number of aromatic carboxylic acids is 1. The lowest BCUT2D eigenvalue weighted by molar-refractivity contribution is -0.384. The Morgan fingerprint density at radius 2 is 2.00 bits per heavy atom. The molecule has 2 rings (SSSR count). The second-order valence-corrected chi connectivity index (χ2v) is 4.23. The van der Waals surface area contributed by atoms with Gasteiger partial charge in [0.15, 0.2) is 11.6 Å². The smallest absolute Gasteiger partial charge is 0.339 e. The summed E-state index contributed by atoms with van der Waals surface area (Å²) >= 11 is 0. The number of rotatable bonds is 4. The number of benzene rings is 2. The topological polar surface area (TPSA) is 89.7 Å². The SMILES string of the molecule is Cc1cccc(Oc2ccc([N+](=O)[O-])cc2C(=O)O)c1F. The molecule has 0 aliphatic rings. The normalized spacial score (nSPS) is 10.2. The van der Waals surface area contributed by atoms with Crippen LogP contribution in [0, 0.1) is 22.9 Å². The summed E-state index contributed by atoms with van der Waals surface area (Å²) in [4.78, 5) is 21.1. The molecule has 0 aliphatic heterocycles. The van der Waals surface area contributed by atoms with Crippen molar-refractivity contribution in [3.8, 4) is 11.5 Å². The first kappa shape index (κ1) is 14.4. The lowest BCUT2D eigenvalue weighted by atomic mass is 10.1. The van der Waals surface area contributed by atoms with Gasteiger partial charge >= 0.3 is 5.97 Å². The van der Waals surface area contributed by atoms with Gasteiger partial charge in [0.2, 0.25) is 0 Å². The molecule has 0 saturated carbocycles. The molecule has 0 atom stereocenters. The van der Waals surface area contributed by atoms with E-state index in [2.05, 4.69) is 0 Å². The predicted octanol–water partition coefficient (Wildman–Crippen LogP) is 3.53. The van der Waals surface area contributed by atoms with E-state index in [0.717, 1.165) is 18.2 Å². The maximum atomic E-state index is 13.8. The van der Waals surface area contributed by atoms with Crippen LogP contribution in [-0.4, -0.2) is 16.0 Å². The molecule has 0 radical (unpaired) electrons. The predicted molar refractivity (Wildman–Crippen MR) is 71.3 cm³/mol. The Labute approximate surface area is 118 Å². The number of halogens is 1. The Hall–Kier alpha value is -2.96. The number of hydrogen-bond acceptors (Lipinski definition) is 4. The number of hydrogen-bond donors (Lipinski definition) is 1. The Morgan fingerprint density at radius 1 is 1.29 bits per heavy atom. The number of ether oxygens (including phenoxy) is 1. The van der Waals surface area contributed by atoms with Crippen molar-refractivity contribution < 1.29 is 24.0 Å². The second-order valence-electron chi connectivity index (χ2n) is 4.23. The van der Waals surface area contributed by atoms with Gasteiger partial charge in [-0.1, -0.05) is 12.1 Å². The largest absolute Gasteiger partial charge is 0.478 e. The van der Waals surface area contributed by atoms with Crippen LogP contribution in [0.2, 0.25) is 0 Å². The highest BCUT2D eigenvalue weighted by Gasteiger charge is 2.18. The van der Waals surface area contributed by atoms with Gasteiger partial charge in [-0.25, -0.2) is 9.18 Å². The molecule has 0 saturated heterocycles. The number of carboxylic acids is 1. The quantitative estimate of drug-likeness (QED) is 0.687. The fraction of sp³-hybridized carbons (Fsp3) is 0.0714. The maximum Gasteiger partial charge on any atom is 0.339 e. The number of aryl methyl sites for hydroxylation is 1. The summed E-state index contributed by atoms with van der Waals surface area (Å²) in [5.41, 5.74) is -0.458. The number of nitrogens with zero attached hydrogens (tertiary/aromatic N) is 1. The van der Waals surface area contributed by atoms with Crippen LogP contribution in [0.15, 0.2) is 36.4 Å². The summed E-state index contributed by atoms with van der Waals surface area (Å²) in [5.74, 6) is -2.34. The van der Waals surface area contributed by atoms with Crippen LogP contribution >= 0.6 is 0 Å². The van der Waals surface area contributed by atoms with Crippen LogP contribution in [-0.2, 0) is 0 Å². The molecule has 6 nitrogen and oxygen atoms in total. The summed E-state index contributed by atoms with van der Waals surface area (Å²) in [6.45, 7) is 1.54. The third-order valence-corrected chi connectivity index (χ3v) is 2.78. The maximum absolute atomic E-state index is 13.8. The lowest BCUT2D eigenvalue weighted by Crippen LogP contribution is -2.02. The van der Waals surface area contributed by atoms with Crippen molar-refractivity contribution in [3.63, 3.8) is 0 Å². The van der Waals surface area contributed by atoms with E-state index >= 15 is 0 Å². The number of carbonyl (C=O) groups is 1. The molecule has 0 heterocycles. The fourth-order valence-electron chi connectivity index (χ4n) is 1.71. The lowest BCUT2D eigenvalue weighted by Gasteiger charge is -2.10. The molecule has 2 aromatic rings. The summed E-state index contributed by atoms with van der Waals surface area (Å²) in [7, 11) is 0. The first-order valence-corrected chi connectivity index (χ1v) is 5.85. The first-order valence-electron chi connectivity index (χ1n) is 5.85. The van der Waals surface area contributed by atoms with Gasteiger partial charge in [0.25, 0.3) is 5.69 Å². The van der Waals surface area contributed by atoms with Gasteiger partial charge in [-0.2, -0.15) is 0 Å². The van der Waals surface area contributed by atoms with Crippen molar-refractivity contribution in [2.75, 3.05) is 0 Å². The van der Waals surface area contributed by atoms with E-state index in [1.54, 1.807) is 6.07 Å². The van der Waals surface area contributed by atoms with E-state index in [-0.39, 0.29) is 17.2 Å². The summed E-state index contributed by atoms with van der Waals surface area (Å²) < 4.78 is 19.1. The molecule has 1 N–H and O–H groups in total. The molecular formula is C14H10FNO5. The molecule has 0 unspecified atom stereocenters. The highest BCUT2D eigenvalue weighted by atomic mass is 19.1. The molecule has 0 bridgehead atoms. The zero-order chi connectivity index (χ0) is 15.6. The Morgan fingerprint density at radius 3 is 2.62 bits per heavy atom. The van der Waals surface area contributed by atoms with E-state index < -0.39 is 22.3 Å². The Kier molecular flexibility index (Phi) is 3.84. The van der Waals surface area contributed by atoms with Crippen molar-refractivity contribution in [2.24, 2.45) is 0 Å². The molecule has 21 heavy (non-hydrogen) atoms. The van der Waals surface area contributed by atoms with Gasteiger partial charge in [0.1, 0.15) is 11.3 Å². The van der Waals surface area contributed by atoms with E-state index in [1.165, 1.54) is 19.1 Å². The van der Waals surface area contributed by atoms with E-state index in [9.17, 15) is 19.3 Å². The van der Waals surface area contributed by atoms with Gasteiger partial charge in [-0.05, 0) is 24.6 Å². The molecule has 7 heteroatoms. The van der Waals surface area contributed by atoms with Crippen LogP contribution in [0.3, 0.4) is 0 Å². The third-order valence-electron chi connectivity index (χ3n) is 2.78. The van der Waals surface area contributed by atoms with Crippen molar-refractivity contribution in [3.05, 3.63) is 63.5 Å². The van der Waals surface area contributed by atoms with E-state index in [1.807, 2.05) is 0 Å². The number of non-ortho nitro benzene ring substituents is 1. The zero-order valence-corrected chi connectivity index (χ0v) is 10.9. The second kappa shape index (κ2) is 5.58. The van der Waals surface area contributed by atoms with Crippen molar-refractivity contribution >= 4 is 11.7 Å². The standard InChI is InChI=1S/C14H10FNO5/c1-8-3-2-4-12(13(8)15)21-11-6-5-9(16(19)20)7-10(11)14(17)18/h2-7H,1H3,(H,17,18). The Bertz CT molecular complexity index is 729. The molecule has 2 aromatic carbocycles. The highest BCUT2D eigenvalue weighted by Crippen LogP contribution is 2.31. The Balaban J connectivity index is 2.46. The van der Waals surface area contributed by atoms with E-state index in [0.29, 0.717) is 5.56 Å². The van der Waals surface area contributed by atoms with Crippen molar-refractivity contribution in [2.45, 2.75) is 6.92 Å². The number of nitro groups is 1. The molecule has 0 spiro atoms. The van der Waals surface area contributed by atoms with Crippen LogP contribution in [0.5, 0.6) is 11.5 Å². The average Bonchev–Trinajstić information content (AvgIpc) is 2.43. The van der Waals surface area contributed by atoms with Crippen molar-refractivity contribution in [1.82, 2.24) is 0 Å². The average molecular weight is 291 g/mol. The summed E-state index contributed by atoms with van der Waals surface area (Å²) in [5, 5.41) is 19.7. The molecule has 0 aliphatic carbocycles. The van der Waals surface area contributed by atoms with Gasteiger partial charge < -0.3 is 9.84 Å². The van der Waals surface area contributed by atoms with Gasteiger partial charge in [0.05, 0.1) is 4.92 Å². The van der Waals surface area contributed by atoms with Gasteiger partial charge in [-0.15, -0.1) is 0 Å². The van der Waals surface area contributed by atoms with Crippen LogP contribution in [0.25, 0.3) is 0 Å². The number of carboxylic acid groups (broad SMARTS) is 1. The summed E-state index contributed by atoms with van der Waals surface area (Å²) in [6, 6.07) is 7.52. The summed E-state index contributed by atoms with van der Waals surface area (Å²) in [6.07, 6.45) is 0. The molecule has 0 aromatic heterocycles. The molecule has 0 amide bonds.